The number of rotatable bonds is 8. The summed E-state index contributed by atoms with van der Waals surface area (Å²) in [5.74, 6) is -0.404. The molecule has 0 aliphatic carbocycles. The highest BCUT2D eigenvalue weighted by atomic mass is 32.2. The molecule has 164 valence electrons. The van der Waals surface area contributed by atoms with Crippen LogP contribution < -0.4 is 4.80 Å². The molecule has 0 spiro atoms. The number of nitro groups is 1. The summed E-state index contributed by atoms with van der Waals surface area (Å²) in [5, 5.41) is 11.1. The molecule has 1 amide bonds. The molecule has 2 aromatic carbocycles. The maximum atomic E-state index is 12.6. The number of nitro benzene ring substituents is 1. The number of sulfone groups is 1. The van der Waals surface area contributed by atoms with E-state index >= 15 is 0 Å². The number of nitrogens with zero attached hydrogens (tertiary/aromatic N) is 3. The van der Waals surface area contributed by atoms with E-state index in [9.17, 15) is 23.3 Å². The van der Waals surface area contributed by atoms with Crippen molar-refractivity contribution in [2.24, 2.45) is 4.99 Å². The number of carbonyl (C=O) groups is 1. The fourth-order valence-corrected chi connectivity index (χ4v) is 4.69. The Hall–Kier alpha value is -2.89. The van der Waals surface area contributed by atoms with Crippen LogP contribution in [0.1, 0.15) is 12.5 Å². The molecule has 1 aromatic heterocycles. The molecule has 0 aliphatic heterocycles. The normalized spacial score (nSPS) is 12.4. The molecule has 3 aromatic rings. The lowest BCUT2D eigenvalue weighted by Gasteiger charge is -2.05. The Kier molecular flexibility index (Phi) is 6.98. The second kappa shape index (κ2) is 9.50. The zero-order valence-corrected chi connectivity index (χ0v) is 18.6. The van der Waals surface area contributed by atoms with Crippen LogP contribution in [0.5, 0.6) is 0 Å². The van der Waals surface area contributed by atoms with Gasteiger partial charge >= 0.3 is 0 Å². The Bertz CT molecular complexity index is 1290. The van der Waals surface area contributed by atoms with Gasteiger partial charge in [-0.05, 0) is 30.7 Å². The van der Waals surface area contributed by atoms with E-state index in [1.165, 1.54) is 35.6 Å². The van der Waals surface area contributed by atoms with Crippen LogP contribution in [0.25, 0.3) is 10.2 Å². The summed E-state index contributed by atoms with van der Waals surface area (Å²) >= 11 is 1.19. The van der Waals surface area contributed by atoms with E-state index in [0.29, 0.717) is 34.8 Å². The lowest BCUT2D eigenvalue weighted by Crippen LogP contribution is -2.20. The lowest BCUT2D eigenvalue weighted by atomic mass is 10.1. The quantitative estimate of drug-likeness (QED) is 0.288. The van der Waals surface area contributed by atoms with Crippen molar-refractivity contribution in [1.29, 1.82) is 0 Å². The van der Waals surface area contributed by atoms with Crippen LogP contribution in [0.2, 0.25) is 0 Å². The smallest absolute Gasteiger partial charge is 0.270 e. The number of aromatic nitrogens is 1. The average molecular weight is 464 g/mol. The zero-order valence-electron chi connectivity index (χ0n) is 17.0. The maximum Gasteiger partial charge on any atom is 0.270 e. The van der Waals surface area contributed by atoms with Crippen LogP contribution in [0.4, 0.5) is 5.69 Å². The second-order valence-corrected chi connectivity index (χ2v) is 9.77. The second-order valence-electron chi connectivity index (χ2n) is 6.74. The van der Waals surface area contributed by atoms with E-state index in [4.69, 9.17) is 4.74 Å². The molecule has 0 atom stereocenters. The van der Waals surface area contributed by atoms with Crippen LogP contribution >= 0.6 is 11.3 Å². The van der Waals surface area contributed by atoms with Crippen LogP contribution in [-0.4, -0.2) is 43.3 Å². The van der Waals surface area contributed by atoms with Gasteiger partial charge in [-0.2, -0.15) is 4.99 Å². The summed E-state index contributed by atoms with van der Waals surface area (Å²) in [5.41, 5.74) is 1.34. The van der Waals surface area contributed by atoms with Gasteiger partial charge in [-0.15, -0.1) is 0 Å². The first-order valence-corrected chi connectivity index (χ1v) is 12.1. The number of hydrogen-bond donors (Lipinski definition) is 0. The van der Waals surface area contributed by atoms with Gasteiger partial charge < -0.3 is 9.30 Å². The molecular weight excluding hydrogens is 442 g/mol. The van der Waals surface area contributed by atoms with Crippen LogP contribution in [0.15, 0.2) is 52.4 Å². The molecule has 0 N–H and O–H groups in total. The summed E-state index contributed by atoms with van der Waals surface area (Å²) in [6.07, 6.45) is 1.12. The predicted octanol–water partition coefficient (Wildman–Crippen LogP) is 2.72. The molecule has 0 saturated heterocycles. The molecule has 3 rings (SSSR count). The van der Waals surface area contributed by atoms with E-state index < -0.39 is 20.7 Å². The minimum Gasteiger partial charge on any atom is -0.380 e. The third-order valence-electron chi connectivity index (χ3n) is 4.47. The third kappa shape index (κ3) is 5.63. The summed E-state index contributed by atoms with van der Waals surface area (Å²) in [4.78, 5) is 28.0. The van der Waals surface area contributed by atoms with Gasteiger partial charge in [0, 0.05) is 31.5 Å². The fourth-order valence-electron chi connectivity index (χ4n) is 2.95. The van der Waals surface area contributed by atoms with E-state index in [1.807, 2.05) is 11.5 Å². The molecule has 9 nitrogen and oxygen atoms in total. The van der Waals surface area contributed by atoms with E-state index in [1.54, 1.807) is 18.2 Å². The Labute approximate surface area is 182 Å². The van der Waals surface area contributed by atoms with Crippen LogP contribution in [-0.2, 0) is 32.3 Å². The number of thiazole rings is 1. The molecule has 0 aliphatic rings. The average Bonchev–Trinajstić information content (AvgIpc) is 3.04. The van der Waals surface area contributed by atoms with E-state index in [2.05, 4.69) is 4.99 Å². The summed E-state index contributed by atoms with van der Waals surface area (Å²) < 4.78 is 31.0. The van der Waals surface area contributed by atoms with Crippen molar-refractivity contribution in [3.63, 3.8) is 0 Å². The first-order chi connectivity index (χ1) is 14.7. The standard InChI is InChI=1S/C20H21N3O6S2/c1-3-29-11-10-22-17-9-6-15(23(25)26)13-18(17)30-20(22)21-19(24)12-14-4-7-16(8-5-14)31(2,27)28/h4-9,13H,3,10-12H2,1-2H3. The van der Waals surface area contributed by atoms with Gasteiger partial charge in [0.25, 0.3) is 11.6 Å². The Balaban J connectivity index is 1.93. The van der Waals surface area contributed by atoms with Crippen molar-refractivity contribution >= 4 is 43.0 Å². The molecule has 0 bridgehead atoms. The predicted molar refractivity (Wildman–Crippen MR) is 117 cm³/mol. The number of ether oxygens (including phenoxy) is 1. The fraction of sp³-hybridized carbons (Fsp3) is 0.300. The molecular formula is C20H21N3O6S2. The van der Waals surface area contributed by atoms with Gasteiger partial charge in [-0.25, -0.2) is 8.42 Å². The highest BCUT2D eigenvalue weighted by Crippen LogP contribution is 2.23. The Morgan fingerprint density at radius 3 is 2.55 bits per heavy atom. The molecule has 0 fully saturated rings. The Morgan fingerprint density at radius 1 is 1.23 bits per heavy atom. The van der Waals surface area contributed by atoms with E-state index in [-0.39, 0.29) is 17.0 Å². The Morgan fingerprint density at radius 2 is 1.94 bits per heavy atom. The van der Waals surface area contributed by atoms with Gasteiger partial charge in [0.1, 0.15) is 0 Å². The molecule has 0 saturated carbocycles. The highest BCUT2D eigenvalue weighted by molar-refractivity contribution is 7.90. The number of non-ortho nitro benzene ring substituents is 1. The monoisotopic (exact) mass is 463 g/mol. The lowest BCUT2D eigenvalue weighted by molar-refractivity contribution is -0.384. The molecule has 0 radical (unpaired) electrons. The van der Waals surface area contributed by atoms with E-state index in [0.717, 1.165) is 11.8 Å². The number of hydrogen-bond acceptors (Lipinski definition) is 7. The maximum absolute atomic E-state index is 12.6. The zero-order chi connectivity index (χ0) is 22.6. The van der Waals surface area contributed by atoms with Crippen molar-refractivity contribution < 1.29 is 22.9 Å². The van der Waals surface area contributed by atoms with Crippen molar-refractivity contribution in [3.05, 3.63) is 62.9 Å². The minimum absolute atomic E-state index is 0.00386. The van der Waals surface area contributed by atoms with Crippen molar-refractivity contribution in [2.45, 2.75) is 24.8 Å². The third-order valence-corrected chi connectivity index (χ3v) is 6.64. The van der Waals surface area contributed by atoms with Gasteiger partial charge in [0.15, 0.2) is 14.6 Å². The van der Waals surface area contributed by atoms with Crippen LogP contribution in [0.3, 0.4) is 0 Å². The molecule has 31 heavy (non-hydrogen) atoms. The number of carbonyl (C=O) groups excluding carboxylic acids is 1. The number of fused-ring (bicyclic) bond motifs is 1. The van der Waals surface area contributed by atoms with Crippen molar-refractivity contribution in [2.75, 3.05) is 19.5 Å². The summed E-state index contributed by atoms with van der Waals surface area (Å²) in [6.45, 7) is 3.28. The molecule has 0 unspecified atom stereocenters. The van der Waals surface area contributed by atoms with Crippen LogP contribution in [0, 0.1) is 10.1 Å². The molecule has 1 heterocycles. The largest absolute Gasteiger partial charge is 0.380 e. The molecule has 11 heteroatoms. The van der Waals surface area contributed by atoms with Gasteiger partial charge in [0.05, 0.1) is 33.1 Å². The van der Waals surface area contributed by atoms with Crippen molar-refractivity contribution in [1.82, 2.24) is 4.57 Å². The highest BCUT2D eigenvalue weighted by Gasteiger charge is 2.13. The summed E-state index contributed by atoms with van der Waals surface area (Å²) in [7, 11) is -3.31. The topological polar surface area (TPSA) is 121 Å². The van der Waals surface area contributed by atoms with Crippen molar-refractivity contribution in [3.8, 4) is 0 Å². The van der Waals surface area contributed by atoms with Gasteiger partial charge in [-0.1, -0.05) is 23.5 Å². The first-order valence-electron chi connectivity index (χ1n) is 9.41. The SMILES string of the molecule is CCOCCn1c(=NC(=O)Cc2ccc(S(C)(=O)=O)cc2)sc2cc([N+](=O)[O-])ccc21. The first kappa shape index (κ1) is 22.8. The number of benzene rings is 2. The van der Waals surface area contributed by atoms with Gasteiger partial charge in [0.2, 0.25) is 0 Å². The summed E-state index contributed by atoms with van der Waals surface area (Å²) in [6, 6.07) is 10.6. The number of amides is 1. The minimum atomic E-state index is -3.31. The van der Waals surface area contributed by atoms with Gasteiger partial charge in [-0.3, -0.25) is 14.9 Å².